The molecule has 54 heavy (non-hydrogen) atoms. The molecule has 0 aliphatic rings. The van der Waals surface area contributed by atoms with E-state index in [1.807, 2.05) is 12.1 Å². The summed E-state index contributed by atoms with van der Waals surface area (Å²) in [5.74, 6) is 0.886. The molecule has 254 valence electrons. The fourth-order valence-electron chi connectivity index (χ4n) is 7.80. The molecule has 0 saturated heterocycles. The molecular formula is C52H35NO. The van der Waals surface area contributed by atoms with Gasteiger partial charge in [0.2, 0.25) is 0 Å². The minimum Gasteiger partial charge on any atom is -0.455 e. The first-order valence-electron chi connectivity index (χ1n) is 18.4. The summed E-state index contributed by atoms with van der Waals surface area (Å²) in [6.45, 7) is 0. The Morgan fingerprint density at radius 2 is 0.815 bits per heavy atom. The van der Waals surface area contributed by atoms with Crippen molar-refractivity contribution in [3.8, 4) is 44.7 Å². The van der Waals surface area contributed by atoms with Gasteiger partial charge >= 0.3 is 0 Å². The Balaban J connectivity index is 0.980. The van der Waals surface area contributed by atoms with Crippen LogP contribution in [0.2, 0.25) is 0 Å². The van der Waals surface area contributed by atoms with Crippen molar-refractivity contribution in [3.63, 3.8) is 0 Å². The molecule has 10 aromatic rings. The lowest BCUT2D eigenvalue weighted by Crippen LogP contribution is -2.09. The molecule has 0 N–H and O–H groups in total. The number of furan rings is 1. The van der Waals surface area contributed by atoms with Gasteiger partial charge in [0.1, 0.15) is 11.3 Å². The highest BCUT2D eigenvalue weighted by atomic mass is 16.3. The quantitative estimate of drug-likeness (QED) is 0.155. The molecule has 0 aliphatic carbocycles. The van der Waals surface area contributed by atoms with Crippen molar-refractivity contribution < 1.29 is 4.42 Å². The lowest BCUT2D eigenvalue weighted by Gasteiger charge is -2.26. The first-order chi connectivity index (χ1) is 26.8. The van der Waals surface area contributed by atoms with Gasteiger partial charge < -0.3 is 9.32 Å². The van der Waals surface area contributed by atoms with Crippen LogP contribution in [0.3, 0.4) is 0 Å². The molecule has 2 heteroatoms. The fourth-order valence-corrected chi connectivity index (χ4v) is 7.80. The fraction of sp³-hybridized carbons (Fsp3) is 0. The summed E-state index contributed by atoms with van der Waals surface area (Å²) in [4.78, 5) is 2.32. The van der Waals surface area contributed by atoms with Crippen LogP contribution in [-0.4, -0.2) is 0 Å². The third kappa shape index (κ3) is 5.71. The van der Waals surface area contributed by atoms with Gasteiger partial charge in [-0.25, -0.2) is 0 Å². The van der Waals surface area contributed by atoms with Gasteiger partial charge in [-0.1, -0.05) is 158 Å². The molecular weight excluding hydrogens is 655 g/mol. The summed E-state index contributed by atoms with van der Waals surface area (Å²) in [5, 5.41) is 6.21. The van der Waals surface area contributed by atoms with Crippen LogP contribution in [-0.2, 0) is 0 Å². The number of benzene rings is 9. The number of anilines is 3. The minimum atomic E-state index is 0.886. The van der Waals surface area contributed by atoms with Crippen LogP contribution in [0, 0.1) is 0 Å². The van der Waals surface area contributed by atoms with Crippen molar-refractivity contribution >= 4 is 49.6 Å². The second-order valence-corrected chi connectivity index (χ2v) is 13.7. The van der Waals surface area contributed by atoms with Crippen LogP contribution in [0.1, 0.15) is 0 Å². The van der Waals surface area contributed by atoms with Gasteiger partial charge in [0, 0.05) is 33.6 Å². The SMILES string of the molecule is c1ccc(-c2c(-c3cccc(-c4ccc(N(c5ccccc5)c5ccc(-c6ccc7c(ccc8ccccc87)c6)cc5)cc4)c3)oc3ccccc23)cc1. The average Bonchev–Trinajstić information content (AvgIpc) is 3.65. The largest absolute Gasteiger partial charge is 0.455 e. The van der Waals surface area contributed by atoms with E-state index < -0.39 is 0 Å². The summed E-state index contributed by atoms with van der Waals surface area (Å²) < 4.78 is 6.54. The molecule has 9 aromatic carbocycles. The predicted octanol–water partition coefficient (Wildman–Crippen LogP) is 14.9. The van der Waals surface area contributed by atoms with Crippen LogP contribution < -0.4 is 4.90 Å². The van der Waals surface area contributed by atoms with E-state index in [0.29, 0.717) is 0 Å². The number of fused-ring (bicyclic) bond motifs is 4. The van der Waals surface area contributed by atoms with Gasteiger partial charge in [0.25, 0.3) is 0 Å². The second-order valence-electron chi connectivity index (χ2n) is 13.7. The van der Waals surface area contributed by atoms with Crippen LogP contribution in [0.15, 0.2) is 217 Å². The van der Waals surface area contributed by atoms with E-state index in [9.17, 15) is 0 Å². The Hall–Kier alpha value is -7.16. The summed E-state index contributed by atoms with van der Waals surface area (Å²) >= 11 is 0. The monoisotopic (exact) mass is 689 g/mol. The molecule has 10 rings (SSSR count). The molecule has 0 atom stereocenters. The van der Waals surface area contributed by atoms with Crippen molar-refractivity contribution in [2.75, 3.05) is 4.90 Å². The van der Waals surface area contributed by atoms with E-state index in [1.54, 1.807) is 0 Å². The first kappa shape index (κ1) is 31.6. The van der Waals surface area contributed by atoms with E-state index in [1.165, 1.54) is 32.7 Å². The van der Waals surface area contributed by atoms with Gasteiger partial charge in [0.15, 0.2) is 0 Å². The summed E-state index contributed by atoms with van der Waals surface area (Å²) in [5.41, 5.74) is 12.2. The Kier molecular flexibility index (Phi) is 7.85. The molecule has 0 radical (unpaired) electrons. The van der Waals surface area contributed by atoms with Crippen molar-refractivity contribution in [2.45, 2.75) is 0 Å². The molecule has 1 aromatic heterocycles. The Bertz CT molecular complexity index is 2910. The Labute approximate surface area is 314 Å². The molecule has 0 amide bonds. The third-order valence-corrected chi connectivity index (χ3v) is 10.5. The maximum absolute atomic E-state index is 6.54. The molecule has 0 aliphatic heterocycles. The zero-order valence-electron chi connectivity index (χ0n) is 29.6. The number of para-hydroxylation sites is 2. The standard InChI is InChI=1S/C52H35NO/c1-3-13-39(14-4-1)51-49-20-9-10-21-50(49)54-52(51)43-16-11-15-40(35-43)36-24-29-45(30-25-36)53(44-17-5-2-6-18-44)46-31-26-37(27-32-46)41-28-33-48-42(34-41)23-22-38-12-7-8-19-47(38)48/h1-35H. The molecule has 0 spiro atoms. The lowest BCUT2D eigenvalue weighted by molar-refractivity contribution is 0.632. The summed E-state index contributed by atoms with van der Waals surface area (Å²) in [6, 6.07) is 75.7. The van der Waals surface area contributed by atoms with E-state index in [-0.39, 0.29) is 0 Å². The van der Waals surface area contributed by atoms with Crippen molar-refractivity contribution in [1.82, 2.24) is 0 Å². The average molecular weight is 690 g/mol. The Morgan fingerprint density at radius 1 is 0.296 bits per heavy atom. The number of hydrogen-bond acceptors (Lipinski definition) is 2. The normalized spacial score (nSPS) is 11.3. The number of rotatable bonds is 7. The van der Waals surface area contributed by atoms with Crippen molar-refractivity contribution in [2.24, 2.45) is 0 Å². The van der Waals surface area contributed by atoms with Crippen LogP contribution in [0.4, 0.5) is 17.1 Å². The van der Waals surface area contributed by atoms with E-state index in [2.05, 4.69) is 205 Å². The molecule has 0 fully saturated rings. The van der Waals surface area contributed by atoms with Gasteiger partial charge in [-0.3, -0.25) is 0 Å². The van der Waals surface area contributed by atoms with Crippen molar-refractivity contribution in [3.05, 3.63) is 212 Å². The molecule has 0 bridgehead atoms. The molecule has 0 saturated carbocycles. The first-order valence-corrected chi connectivity index (χ1v) is 18.4. The number of hydrogen-bond donors (Lipinski definition) is 0. The van der Waals surface area contributed by atoms with Crippen molar-refractivity contribution in [1.29, 1.82) is 0 Å². The van der Waals surface area contributed by atoms with Crippen LogP contribution in [0.5, 0.6) is 0 Å². The van der Waals surface area contributed by atoms with Gasteiger partial charge in [-0.15, -0.1) is 0 Å². The van der Waals surface area contributed by atoms with Gasteiger partial charge in [0.05, 0.1) is 0 Å². The molecule has 2 nitrogen and oxygen atoms in total. The highest BCUT2D eigenvalue weighted by molar-refractivity contribution is 6.08. The van der Waals surface area contributed by atoms with Crippen LogP contribution in [0.25, 0.3) is 77.2 Å². The zero-order valence-corrected chi connectivity index (χ0v) is 29.6. The second kappa shape index (κ2) is 13.4. The van der Waals surface area contributed by atoms with E-state index >= 15 is 0 Å². The van der Waals surface area contributed by atoms with E-state index in [4.69, 9.17) is 4.42 Å². The Morgan fingerprint density at radius 3 is 1.56 bits per heavy atom. The lowest BCUT2D eigenvalue weighted by atomic mass is 9.96. The molecule has 0 unspecified atom stereocenters. The van der Waals surface area contributed by atoms with Crippen LogP contribution >= 0.6 is 0 Å². The highest BCUT2D eigenvalue weighted by Crippen LogP contribution is 2.42. The molecule has 1 heterocycles. The summed E-state index contributed by atoms with van der Waals surface area (Å²) in [7, 11) is 0. The summed E-state index contributed by atoms with van der Waals surface area (Å²) in [6.07, 6.45) is 0. The predicted molar refractivity (Wildman–Crippen MR) is 228 cm³/mol. The van der Waals surface area contributed by atoms with Gasteiger partial charge in [-0.2, -0.15) is 0 Å². The smallest absolute Gasteiger partial charge is 0.143 e. The highest BCUT2D eigenvalue weighted by Gasteiger charge is 2.18. The van der Waals surface area contributed by atoms with Gasteiger partial charge in [-0.05, 0) is 104 Å². The van der Waals surface area contributed by atoms with E-state index in [0.717, 1.165) is 61.6 Å². The number of nitrogens with zero attached hydrogens (tertiary/aromatic N) is 1. The minimum absolute atomic E-state index is 0.886. The third-order valence-electron chi connectivity index (χ3n) is 10.5. The maximum Gasteiger partial charge on any atom is 0.143 e. The topological polar surface area (TPSA) is 16.4 Å². The maximum atomic E-state index is 6.54. The zero-order chi connectivity index (χ0) is 35.8.